The molecule has 0 amide bonds. The van der Waals surface area contributed by atoms with Crippen LogP contribution in [-0.2, 0) is 6.54 Å². The molecule has 0 aliphatic carbocycles. The molecule has 0 radical (unpaired) electrons. The average Bonchev–Trinajstić information content (AvgIpc) is 2.32. The zero-order valence-electron chi connectivity index (χ0n) is 10.00. The smallest absolute Gasteiger partial charge is 0.126 e. The van der Waals surface area contributed by atoms with Crippen LogP contribution in [0.15, 0.2) is 36.5 Å². The van der Waals surface area contributed by atoms with Gasteiger partial charge in [-0.05, 0) is 43.2 Å². The summed E-state index contributed by atoms with van der Waals surface area (Å²) in [5.41, 5.74) is 3.71. The molecule has 17 heavy (non-hydrogen) atoms. The highest BCUT2D eigenvalue weighted by molar-refractivity contribution is 5.47. The Morgan fingerprint density at radius 3 is 2.76 bits per heavy atom. The standard InChI is InChI=1S/C14H15FN2/c1-10-8-12(5-6-13(10)15)9-17-14-4-3-7-16-11(14)2/h3-8,17H,9H2,1-2H3. The zero-order chi connectivity index (χ0) is 12.3. The summed E-state index contributed by atoms with van der Waals surface area (Å²) >= 11 is 0. The second kappa shape index (κ2) is 4.95. The van der Waals surface area contributed by atoms with E-state index in [0.717, 1.165) is 16.9 Å². The van der Waals surface area contributed by atoms with E-state index in [4.69, 9.17) is 0 Å². The Balaban J connectivity index is 2.08. The van der Waals surface area contributed by atoms with E-state index in [1.54, 1.807) is 19.2 Å². The van der Waals surface area contributed by atoms with Gasteiger partial charge in [0.1, 0.15) is 5.82 Å². The SMILES string of the molecule is Cc1cc(CNc2cccnc2C)ccc1F. The second-order valence-corrected chi connectivity index (χ2v) is 4.07. The van der Waals surface area contributed by atoms with Crippen molar-refractivity contribution >= 4 is 5.69 Å². The topological polar surface area (TPSA) is 24.9 Å². The molecular formula is C14H15FN2. The summed E-state index contributed by atoms with van der Waals surface area (Å²) in [5, 5.41) is 3.29. The Kier molecular flexibility index (Phi) is 3.38. The molecule has 1 N–H and O–H groups in total. The van der Waals surface area contributed by atoms with Crippen molar-refractivity contribution in [3.63, 3.8) is 0 Å². The fourth-order valence-electron chi connectivity index (χ4n) is 1.69. The van der Waals surface area contributed by atoms with E-state index in [-0.39, 0.29) is 5.82 Å². The molecule has 0 fully saturated rings. The van der Waals surface area contributed by atoms with Gasteiger partial charge >= 0.3 is 0 Å². The molecule has 1 heterocycles. The van der Waals surface area contributed by atoms with Gasteiger partial charge < -0.3 is 5.32 Å². The summed E-state index contributed by atoms with van der Waals surface area (Å²) in [7, 11) is 0. The van der Waals surface area contributed by atoms with Gasteiger partial charge in [0.25, 0.3) is 0 Å². The molecule has 1 aromatic carbocycles. The molecule has 0 aliphatic rings. The summed E-state index contributed by atoms with van der Waals surface area (Å²) in [6.07, 6.45) is 1.77. The lowest BCUT2D eigenvalue weighted by atomic mass is 10.1. The van der Waals surface area contributed by atoms with Gasteiger partial charge in [-0.3, -0.25) is 4.98 Å². The van der Waals surface area contributed by atoms with Crippen LogP contribution in [0.2, 0.25) is 0 Å². The average molecular weight is 230 g/mol. The first-order valence-corrected chi connectivity index (χ1v) is 5.57. The van der Waals surface area contributed by atoms with Crippen LogP contribution in [0.5, 0.6) is 0 Å². The van der Waals surface area contributed by atoms with Crippen LogP contribution in [0.1, 0.15) is 16.8 Å². The minimum atomic E-state index is -0.161. The fourth-order valence-corrected chi connectivity index (χ4v) is 1.69. The number of hydrogen-bond acceptors (Lipinski definition) is 2. The monoisotopic (exact) mass is 230 g/mol. The van der Waals surface area contributed by atoms with Gasteiger partial charge in [0.15, 0.2) is 0 Å². The first-order valence-electron chi connectivity index (χ1n) is 5.57. The van der Waals surface area contributed by atoms with Crippen molar-refractivity contribution in [2.45, 2.75) is 20.4 Å². The maximum Gasteiger partial charge on any atom is 0.126 e. The van der Waals surface area contributed by atoms with E-state index in [0.29, 0.717) is 12.1 Å². The van der Waals surface area contributed by atoms with E-state index in [2.05, 4.69) is 10.3 Å². The third-order valence-electron chi connectivity index (χ3n) is 2.71. The predicted molar refractivity (Wildman–Crippen MR) is 67.4 cm³/mol. The zero-order valence-corrected chi connectivity index (χ0v) is 10.00. The fraction of sp³-hybridized carbons (Fsp3) is 0.214. The lowest BCUT2D eigenvalue weighted by Gasteiger charge is -2.09. The Hall–Kier alpha value is -1.90. The molecule has 0 atom stereocenters. The number of anilines is 1. The van der Waals surface area contributed by atoms with Gasteiger partial charge in [0.2, 0.25) is 0 Å². The highest BCUT2D eigenvalue weighted by Gasteiger charge is 2.00. The number of benzene rings is 1. The van der Waals surface area contributed by atoms with Crippen LogP contribution in [0, 0.1) is 19.7 Å². The molecule has 0 spiro atoms. The molecule has 3 heteroatoms. The molecule has 2 nitrogen and oxygen atoms in total. The summed E-state index contributed by atoms with van der Waals surface area (Å²) in [6, 6.07) is 9.03. The number of aromatic nitrogens is 1. The first-order chi connectivity index (χ1) is 8.16. The minimum Gasteiger partial charge on any atom is -0.380 e. The normalized spacial score (nSPS) is 10.3. The molecule has 0 aliphatic heterocycles. The first kappa shape index (κ1) is 11.6. The van der Waals surface area contributed by atoms with Gasteiger partial charge in [-0.25, -0.2) is 4.39 Å². The number of halogens is 1. The molecule has 0 saturated heterocycles. The van der Waals surface area contributed by atoms with Gasteiger partial charge in [-0.2, -0.15) is 0 Å². The van der Waals surface area contributed by atoms with Crippen molar-refractivity contribution in [1.29, 1.82) is 0 Å². The maximum atomic E-state index is 13.1. The van der Waals surface area contributed by atoms with Crippen molar-refractivity contribution in [3.8, 4) is 0 Å². The van der Waals surface area contributed by atoms with Crippen molar-refractivity contribution in [3.05, 3.63) is 59.2 Å². The molecule has 0 saturated carbocycles. The number of nitrogens with zero attached hydrogens (tertiary/aromatic N) is 1. The van der Waals surface area contributed by atoms with Crippen LogP contribution in [0.25, 0.3) is 0 Å². The van der Waals surface area contributed by atoms with Gasteiger partial charge in [0, 0.05) is 12.7 Å². The molecule has 0 bridgehead atoms. The van der Waals surface area contributed by atoms with E-state index in [1.807, 2.05) is 25.1 Å². The molecule has 1 aromatic heterocycles. The van der Waals surface area contributed by atoms with Gasteiger partial charge in [-0.1, -0.05) is 12.1 Å². The van der Waals surface area contributed by atoms with Crippen LogP contribution >= 0.6 is 0 Å². The molecule has 2 rings (SSSR count). The minimum absolute atomic E-state index is 0.161. The van der Waals surface area contributed by atoms with Crippen molar-refractivity contribution < 1.29 is 4.39 Å². The van der Waals surface area contributed by atoms with Crippen LogP contribution < -0.4 is 5.32 Å². The molecule has 88 valence electrons. The van der Waals surface area contributed by atoms with Crippen LogP contribution in [0.3, 0.4) is 0 Å². The largest absolute Gasteiger partial charge is 0.380 e. The Labute approximate surface area is 101 Å². The molecular weight excluding hydrogens is 215 g/mol. The Morgan fingerprint density at radius 2 is 2.06 bits per heavy atom. The number of rotatable bonds is 3. The summed E-state index contributed by atoms with van der Waals surface area (Å²) in [6.45, 7) is 4.40. The summed E-state index contributed by atoms with van der Waals surface area (Å²) in [4.78, 5) is 4.20. The number of nitrogens with one attached hydrogen (secondary N) is 1. The third kappa shape index (κ3) is 2.81. The highest BCUT2D eigenvalue weighted by atomic mass is 19.1. The Morgan fingerprint density at radius 1 is 1.24 bits per heavy atom. The van der Waals surface area contributed by atoms with Crippen molar-refractivity contribution in [2.75, 3.05) is 5.32 Å². The Bertz CT molecular complexity index is 523. The predicted octanol–water partition coefficient (Wildman–Crippen LogP) is 3.45. The lowest BCUT2D eigenvalue weighted by Crippen LogP contribution is -2.02. The van der Waals surface area contributed by atoms with Crippen LogP contribution in [0.4, 0.5) is 10.1 Å². The quantitative estimate of drug-likeness (QED) is 0.873. The van der Waals surface area contributed by atoms with Crippen molar-refractivity contribution in [1.82, 2.24) is 4.98 Å². The van der Waals surface area contributed by atoms with Crippen LogP contribution in [-0.4, -0.2) is 4.98 Å². The number of pyridine rings is 1. The number of hydrogen-bond donors (Lipinski definition) is 1. The summed E-state index contributed by atoms with van der Waals surface area (Å²) < 4.78 is 13.1. The van der Waals surface area contributed by atoms with E-state index < -0.39 is 0 Å². The van der Waals surface area contributed by atoms with Gasteiger partial charge in [0.05, 0.1) is 11.4 Å². The molecule has 2 aromatic rings. The summed E-state index contributed by atoms with van der Waals surface area (Å²) in [5.74, 6) is -0.161. The van der Waals surface area contributed by atoms with Crippen molar-refractivity contribution in [2.24, 2.45) is 0 Å². The second-order valence-electron chi connectivity index (χ2n) is 4.07. The molecule has 0 unspecified atom stereocenters. The lowest BCUT2D eigenvalue weighted by molar-refractivity contribution is 0.617. The maximum absolute atomic E-state index is 13.1. The van der Waals surface area contributed by atoms with E-state index >= 15 is 0 Å². The van der Waals surface area contributed by atoms with E-state index in [9.17, 15) is 4.39 Å². The van der Waals surface area contributed by atoms with E-state index in [1.165, 1.54) is 6.07 Å². The highest BCUT2D eigenvalue weighted by Crippen LogP contribution is 2.14. The third-order valence-corrected chi connectivity index (χ3v) is 2.71. The van der Waals surface area contributed by atoms with Gasteiger partial charge in [-0.15, -0.1) is 0 Å². The number of aryl methyl sites for hydroxylation is 2.